The van der Waals surface area contributed by atoms with Gasteiger partial charge in [0.25, 0.3) is 15.7 Å². The molecule has 1 fully saturated rings. The van der Waals surface area contributed by atoms with E-state index in [2.05, 4.69) is 10.3 Å². The van der Waals surface area contributed by atoms with Gasteiger partial charge in [0.05, 0.1) is 12.4 Å². The highest BCUT2D eigenvalue weighted by Crippen LogP contribution is 2.29. The fourth-order valence-electron chi connectivity index (χ4n) is 2.38. The quantitative estimate of drug-likeness (QED) is 0.164. The van der Waals surface area contributed by atoms with Crippen molar-refractivity contribution >= 4 is 22.3 Å². The second-order valence-electron chi connectivity index (χ2n) is 5.51. The first-order valence-corrected chi connectivity index (χ1v) is 9.28. The molecule has 13 heteroatoms. The normalized spacial score (nSPS) is 26.9. The Morgan fingerprint density at radius 3 is 2.60 bits per heavy atom. The van der Waals surface area contributed by atoms with E-state index in [-0.39, 0.29) is 23.4 Å². The number of ether oxygens (including phenoxy) is 1. The fraction of sp³-hybridized carbons (Fsp3) is 0.667. The Bertz CT molecular complexity index is 820. The summed E-state index contributed by atoms with van der Waals surface area (Å²) in [6.45, 7) is -0.619. The summed E-state index contributed by atoms with van der Waals surface area (Å²) in [7, 11) is -4.11. The minimum atomic E-state index is -4.11. The molecule has 4 atom stereocenters. The predicted octanol–water partition coefficient (Wildman–Crippen LogP) is -2.51. The standard InChI is InChI=1S/C12H19N3O8S2/c16-5-7-8(17)9(18)11(23-7)15-4-6(10(19)14-12(15)24)3-13-1-2-25(20,21)22/h4,7-9,11,13,16-18H,1-3,5H2,(H,14,19,24)(H,20,21,22)/t7-,8?,9+,11-/m1/s1. The van der Waals surface area contributed by atoms with Gasteiger partial charge in [-0.25, -0.2) is 0 Å². The van der Waals surface area contributed by atoms with E-state index in [1.807, 2.05) is 0 Å². The van der Waals surface area contributed by atoms with Crippen molar-refractivity contribution in [1.29, 1.82) is 0 Å². The predicted molar refractivity (Wildman–Crippen MR) is 87.0 cm³/mol. The van der Waals surface area contributed by atoms with Gasteiger partial charge >= 0.3 is 0 Å². The largest absolute Gasteiger partial charge is 0.394 e. The molecular weight excluding hydrogens is 378 g/mol. The molecule has 1 aliphatic heterocycles. The van der Waals surface area contributed by atoms with Crippen molar-refractivity contribution in [3.8, 4) is 0 Å². The lowest BCUT2D eigenvalue weighted by Crippen LogP contribution is -2.34. The van der Waals surface area contributed by atoms with Crippen LogP contribution in [0, 0.1) is 4.77 Å². The minimum absolute atomic E-state index is 0.0325. The molecule has 0 aliphatic carbocycles. The van der Waals surface area contributed by atoms with Crippen LogP contribution in [-0.2, 0) is 21.4 Å². The second-order valence-corrected chi connectivity index (χ2v) is 7.47. The maximum absolute atomic E-state index is 11.9. The summed E-state index contributed by atoms with van der Waals surface area (Å²) in [6, 6.07) is 0. The molecule has 1 aromatic heterocycles. The Kier molecular flexibility index (Phi) is 6.45. The zero-order chi connectivity index (χ0) is 18.8. The van der Waals surface area contributed by atoms with Crippen LogP contribution in [0.15, 0.2) is 11.0 Å². The topological polar surface area (TPSA) is 174 Å². The molecule has 6 N–H and O–H groups in total. The van der Waals surface area contributed by atoms with Gasteiger partial charge in [-0.05, 0) is 12.2 Å². The summed E-state index contributed by atoms with van der Waals surface area (Å²) in [5.41, 5.74) is -0.353. The van der Waals surface area contributed by atoms with Gasteiger partial charge in [-0.15, -0.1) is 0 Å². The average molecular weight is 397 g/mol. The maximum Gasteiger partial charge on any atom is 0.266 e. The molecule has 11 nitrogen and oxygen atoms in total. The number of aromatic nitrogens is 2. The maximum atomic E-state index is 11.9. The van der Waals surface area contributed by atoms with E-state index in [9.17, 15) is 23.4 Å². The minimum Gasteiger partial charge on any atom is -0.394 e. The summed E-state index contributed by atoms with van der Waals surface area (Å²) in [4.78, 5) is 14.3. The Morgan fingerprint density at radius 2 is 2.04 bits per heavy atom. The lowest BCUT2D eigenvalue weighted by molar-refractivity contribution is -0.0542. The molecule has 0 spiro atoms. The highest BCUT2D eigenvalue weighted by atomic mass is 32.2. The molecule has 1 unspecified atom stereocenters. The molecule has 0 saturated carbocycles. The van der Waals surface area contributed by atoms with Crippen molar-refractivity contribution in [3.05, 3.63) is 26.9 Å². The smallest absolute Gasteiger partial charge is 0.266 e. The molecule has 0 aromatic carbocycles. The number of aliphatic hydroxyl groups excluding tert-OH is 3. The van der Waals surface area contributed by atoms with Gasteiger partial charge in [0.15, 0.2) is 11.0 Å². The van der Waals surface area contributed by atoms with Gasteiger partial charge in [0, 0.05) is 24.8 Å². The lowest BCUT2D eigenvalue weighted by Gasteiger charge is -2.19. The van der Waals surface area contributed by atoms with Gasteiger partial charge < -0.3 is 25.4 Å². The van der Waals surface area contributed by atoms with Crippen molar-refractivity contribution in [2.24, 2.45) is 0 Å². The summed E-state index contributed by atoms with van der Waals surface area (Å²) in [5, 5.41) is 31.7. The Balaban J connectivity index is 2.18. The van der Waals surface area contributed by atoms with E-state index >= 15 is 0 Å². The van der Waals surface area contributed by atoms with Crippen LogP contribution in [0.4, 0.5) is 0 Å². The Morgan fingerprint density at radius 1 is 1.36 bits per heavy atom. The van der Waals surface area contributed by atoms with E-state index in [4.69, 9.17) is 26.6 Å². The Hall–Kier alpha value is -1.19. The third kappa shape index (κ3) is 4.92. The molecule has 142 valence electrons. The summed E-state index contributed by atoms with van der Waals surface area (Å²) >= 11 is 5.03. The second kappa shape index (κ2) is 8.01. The summed E-state index contributed by atoms with van der Waals surface area (Å²) in [6.07, 6.45) is -3.48. The van der Waals surface area contributed by atoms with E-state index in [0.29, 0.717) is 0 Å². The lowest BCUT2D eigenvalue weighted by atomic mass is 10.1. The van der Waals surface area contributed by atoms with Crippen LogP contribution in [0.2, 0.25) is 0 Å². The SMILES string of the molecule is O=c1[nH]c(=S)n([C@@H]2O[C@H](CO)C(O)[C@@H]2O)cc1CNCCS(=O)(=O)O. The number of nitrogens with zero attached hydrogens (tertiary/aromatic N) is 1. The van der Waals surface area contributed by atoms with Crippen LogP contribution in [0.1, 0.15) is 11.8 Å². The molecule has 0 radical (unpaired) electrons. The van der Waals surface area contributed by atoms with Crippen molar-refractivity contribution < 1.29 is 33.0 Å². The molecule has 0 bridgehead atoms. The number of aliphatic hydroxyl groups is 3. The first kappa shape index (κ1) is 20.1. The molecular formula is C12H19N3O8S2. The average Bonchev–Trinajstić information content (AvgIpc) is 2.80. The van der Waals surface area contributed by atoms with Crippen molar-refractivity contribution in [2.75, 3.05) is 18.9 Å². The first-order chi connectivity index (χ1) is 11.6. The van der Waals surface area contributed by atoms with Gasteiger partial charge in [-0.2, -0.15) is 8.42 Å². The molecule has 2 rings (SSSR count). The molecule has 0 amide bonds. The van der Waals surface area contributed by atoms with Crippen LogP contribution in [0.25, 0.3) is 0 Å². The van der Waals surface area contributed by atoms with E-state index in [1.54, 1.807) is 0 Å². The fourth-order valence-corrected chi connectivity index (χ4v) is 3.03. The molecule has 2 heterocycles. The third-order valence-corrected chi connectivity index (χ3v) is 4.72. The Labute approximate surface area is 147 Å². The molecule has 1 aromatic rings. The van der Waals surface area contributed by atoms with Crippen LogP contribution >= 0.6 is 12.2 Å². The highest BCUT2D eigenvalue weighted by Gasteiger charge is 2.43. The van der Waals surface area contributed by atoms with E-state index < -0.39 is 52.6 Å². The van der Waals surface area contributed by atoms with Crippen LogP contribution in [0.5, 0.6) is 0 Å². The third-order valence-electron chi connectivity index (χ3n) is 3.69. The number of H-pyrrole nitrogens is 1. The summed E-state index contributed by atoms with van der Waals surface area (Å²) < 4.78 is 36.5. The molecule has 1 aliphatic rings. The monoisotopic (exact) mass is 397 g/mol. The molecule has 1 saturated heterocycles. The zero-order valence-corrected chi connectivity index (χ0v) is 14.5. The van der Waals surface area contributed by atoms with Crippen molar-refractivity contribution in [1.82, 2.24) is 14.9 Å². The molecule has 25 heavy (non-hydrogen) atoms. The van der Waals surface area contributed by atoms with Gasteiger partial charge in [-0.1, -0.05) is 0 Å². The van der Waals surface area contributed by atoms with Crippen LogP contribution < -0.4 is 10.9 Å². The number of nitrogens with one attached hydrogen (secondary N) is 2. The van der Waals surface area contributed by atoms with Crippen molar-refractivity contribution in [2.45, 2.75) is 31.1 Å². The highest BCUT2D eigenvalue weighted by molar-refractivity contribution is 7.85. The van der Waals surface area contributed by atoms with Crippen molar-refractivity contribution in [3.63, 3.8) is 0 Å². The zero-order valence-electron chi connectivity index (χ0n) is 12.9. The number of hydrogen-bond donors (Lipinski definition) is 6. The van der Waals surface area contributed by atoms with Crippen LogP contribution in [0.3, 0.4) is 0 Å². The van der Waals surface area contributed by atoms with Crippen LogP contribution in [-0.4, -0.2) is 75.1 Å². The van der Waals surface area contributed by atoms with Gasteiger partial charge in [0.1, 0.15) is 18.3 Å². The van der Waals surface area contributed by atoms with E-state index in [1.165, 1.54) is 10.8 Å². The van der Waals surface area contributed by atoms with E-state index in [0.717, 1.165) is 0 Å². The summed E-state index contributed by atoms with van der Waals surface area (Å²) in [5.74, 6) is -0.515. The number of aromatic amines is 1. The van der Waals surface area contributed by atoms with Gasteiger partial charge in [0.2, 0.25) is 0 Å². The van der Waals surface area contributed by atoms with Gasteiger partial charge in [-0.3, -0.25) is 18.9 Å². The number of hydrogen-bond acceptors (Lipinski definition) is 9. The first-order valence-electron chi connectivity index (χ1n) is 7.26. The number of rotatable bonds is 7.